The number of nitrogens with one attached hydrogen (secondary N) is 1. The summed E-state index contributed by atoms with van der Waals surface area (Å²) >= 11 is 0. The Morgan fingerprint density at radius 3 is 2.78 bits per heavy atom. The molecule has 2 fully saturated rings. The largest absolute Gasteiger partial charge is 0.421 e. The first-order valence-electron chi connectivity index (χ1n) is 13.1. The third-order valence-electron chi connectivity index (χ3n) is 8.43. The van der Waals surface area contributed by atoms with Gasteiger partial charge in [-0.3, -0.25) is 5.10 Å². The van der Waals surface area contributed by atoms with Crippen LogP contribution in [0.2, 0.25) is 0 Å². The molecule has 6 heterocycles. The fourth-order valence-electron chi connectivity index (χ4n) is 6.23. The van der Waals surface area contributed by atoms with E-state index < -0.39 is 0 Å². The normalized spacial score (nSPS) is 23.2. The number of ether oxygens (including phenoxy) is 1. The molecule has 1 spiro atoms. The van der Waals surface area contributed by atoms with Crippen LogP contribution < -0.4 is 15.5 Å². The Hall–Kier alpha value is -3.57. The first kappa shape index (κ1) is 22.6. The molecule has 3 aliphatic heterocycles. The van der Waals surface area contributed by atoms with E-state index in [0.717, 1.165) is 80.3 Å². The third kappa shape index (κ3) is 3.59. The molecule has 0 saturated carbocycles. The standard InChI is InChI=1S/C26H31N9O2/c1-15-22(27)26(14-36-15)8-11-34(12-9-26)20-13-28-21-23(29-20)31-32-24(21)35-10-4-6-17-18(5-3-7-19(17)35)25-33-30-16(2)37-25/h3,5,7,13,15,22H,4,6,8-12,14,27H2,1-2H3,(H,29,31,32)/t15-,22+/m0/s1. The van der Waals surface area contributed by atoms with Crippen molar-refractivity contribution >= 4 is 28.5 Å². The Labute approximate surface area is 214 Å². The van der Waals surface area contributed by atoms with Gasteiger partial charge in [-0.15, -0.1) is 10.2 Å². The maximum absolute atomic E-state index is 6.50. The highest BCUT2D eigenvalue weighted by atomic mass is 16.5. The fraction of sp³-hybridized carbons (Fsp3) is 0.500. The molecule has 3 aliphatic rings. The van der Waals surface area contributed by atoms with Crippen LogP contribution in [0.1, 0.15) is 37.6 Å². The highest BCUT2D eigenvalue weighted by molar-refractivity contribution is 5.88. The van der Waals surface area contributed by atoms with Gasteiger partial charge in [0.1, 0.15) is 5.82 Å². The summed E-state index contributed by atoms with van der Waals surface area (Å²) in [4.78, 5) is 14.3. The molecule has 4 aromatic rings. The van der Waals surface area contributed by atoms with Crippen molar-refractivity contribution in [3.63, 3.8) is 0 Å². The van der Waals surface area contributed by atoms with Crippen molar-refractivity contribution in [3.8, 4) is 11.5 Å². The molecule has 0 bridgehead atoms. The zero-order chi connectivity index (χ0) is 25.1. The molecule has 11 heteroatoms. The average Bonchev–Trinajstić information content (AvgIpc) is 3.63. The molecule has 2 atom stereocenters. The quantitative estimate of drug-likeness (QED) is 0.431. The number of aryl methyl sites for hydroxylation is 1. The number of piperidine rings is 1. The van der Waals surface area contributed by atoms with E-state index in [1.165, 1.54) is 5.56 Å². The third-order valence-corrected chi connectivity index (χ3v) is 8.43. The van der Waals surface area contributed by atoms with Crippen molar-refractivity contribution in [2.24, 2.45) is 11.1 Å². The van der Waals surface area contributed by atoms with E-state index in [-0.39, 0.29) is 17.6 Å². The molecule has 3 N–H and O–H groups in total. The van der Waals surface area contributed by atoms with E-state index in [2.05, 4.69) is 43.2 Å². The van der Waals surface area contributed by atoms with Crippen LogP contribution in [0.5, 0.6) is 0 Å². The number of rotatable bonds is 3. The van der Waals surface area contributed by atoms with Crippen molar-refractivity contribution in [2.75, 3.05) is 36.0 Å². The summed E-state index contributed by atoms with van der Waals surface area (Å²) in [6, 6.07) is 6.27. The molecule has 0 unspecified atom stereocenters. The highest BCUT2D eigenvalue weighted by Crippen LogP contribution is 2.42. The van der Waals surface area contributed by atoms with Gasteiger partial charge in [-0.1, -0.05) is 6.07 Å². The minimum Gasteiger partial charge on any atom is -0.421 e. The first-order chi connectivity index (χ1) is 18.0. The van der Waals surface area contributed by atoms with E-state index in [0.29, 0.717) is 17.4 Å². The number of fused-ring (bicyclic) bond motifs is 2. The highest BCUT2D eigenvalue weighted by Gasteiger charge is 2.47. The lowest BCUT2D eigenvalue weighted by molar-refractivity contribution is 0.0974. The maximum atomic E-state index is 6.50. The molecule has 0 radical (unpaired) electrons. The molecule has 192 valence electrons. The SMILES string of the molecule is Cc1nnc(-c2cccc3c2CCCN3c2n[nH]c3nc(N4CCC5(CC4)CO[C@@H](C)[C@H]5N)cnc23)o1. The molecular weight excluding hydrogens is 470 g/mol. The summed E-state index contributed by atoms with van der Waals surface area (Å²) in [6.07, 6.45) is 5.91. The number of benzene rings is 1. The zero-order valence-electron chi connectivity index (χ0n) is 21.1. The van der Waals surface area contributed by atoms with Gasteiger partial charge >= 0.3 is 0 Å². The van der Waals surface area contributed by atoms with Crippen molar-refractivity contribution < 1.29 is 9.15 Å². The molecule has 7 rings (SSSR count). The van der Waals surface area contributed by atoms with E-state index >= 15 is 0 Å². The number of aromatic nitrogens is 6. The summed E-state index contributed by atoms with van der Waals surface area (Å²) in [5, 5.41) is 16.1. The average molecular weight is 502 g/mol. The minimum atomic E-state index is 0.0784. The van der Waals surface area contributed by atoms with Crippen LogP contribution in [0.15, 0.2) is 28.8 Å². The second kappa shape index (κ2) is 8.49. The van der Waals surface area contributed by atoms with E-state index in [9.17, 15) is 0 Å². The molecular formula is C26H31N9O2. The molecule has 37 heavy (non-hydrogen) atoms. The Bertz CT molecular complexity index is 1460. The van der Waals surface area contributed by atoms with Crippen LogP contribution in [0.25, 0.3) is 22.6 Å². The number of anilines is 3. The second-order valence-electron chi connectivity index (χ2n) is 10.5. The lowest BCUT2D eigenvalue weighted by atomic mass is 9.73. The molecule has 3 aromatic heterocycles. The summed E-state index contributed by atoms with van der Waals surface area (Å²) < 4.78 is 11.6. The van der Waals surface area contributed by atoms with Gasteiger partial charge in [0.2, 0.25) is 11.8 Å². The smallest absolute Gasteiger partial charge is 0.248 e. The van der Waals surface area contributed by atoms with Crippen LogP contribution in [-0.4, -0.2) is 68.7 Å². The predicted octanol–water partition coefficient (Wildman–Crippen LogP) is 3.13. The molecule has 1 aromatic carbocycles. The molecule has 0 aliphatic carbocycles. The molecule has 0 amide bonds. The molecule has 11 nitrogen and oxygen atoms in total. The zero-order valence-corrected chi connectivity index (χ0v) is 21.1. The Morgan fingerprint density at radius 1 is 1.16 bits per heavy atom. The number of nitrogens with zero attached hydrogens (tertiary/aromatic N) is 7. The second-order valence-corrected chi connectivity index (χ2v) is 10.5. The van der Waals surface area contributed by atoms with Crippen molar-refractivity contribution in [1.29, 1.82) is 0 Å². The number of hydrogen-bond donors (Lipinski definition) is 2. The molecule has 2 saturated heterocycles. The van der Waals surface area contributed by atoms with Crippen LogP contribution in [0.3, 0.4) is 0 Å². The van der Waals surface area contributed by atoms with Crippen LogP contribution in [0, 0.1) is 12.3 Å². The lowest BCUT2D eigenvalue weighted by Gasteiger charge is -2.41. The first-order valence-corrected chi connectivity index (χ1v) is 13.1. The number of hydrogen-bond acceptors (Lipinski definition) is 10. The fourth-order valence-corrected chi connectivity index (χ4v) is 6.23. The minimum absolute atomic E-state index is 0.0784. The van der Waals surface area contributed by atoms with E-state index in [1.807, 2.05) is 25.3 Å². The van der Waals surface area contributed by atoms with Crippen molar-refractivity contribution in [3.05, 3.63) is 35.9 Å². The number of aromatic amines is 1. The topological polar surface area (TPSA) is 135 Å². The summed E-state index contributed by atoms with van der Waals surface area (Å²) in [6.45, 7) is 7.27. The number of H-pyrrole nitrogens is 1. The Morgan fingerprint density at radius 2 is 2.03 bits per heavy atom. The summed E-state index contributed by atoms with van der Waals surface area (Å²) in [5.41, 5.74) is 11.3. The maximum Gasteiger partial charge on any atom is 0.248 e. The monoisotopic (exact) mass is 501 g/mol. The summed E-state index contributed by atoms with van der Waals surface area (Å²) in [7, 11) is 0. The van der Waals surface area contributed by atoms with Crippen LogP contribution in [0.4, 0.5) is 17.3 Å². The van der Waals surface area contributed by atoms with Gasteiger partial charge < -0.3 is 24.7 Å². The van der Waals surface area contributed by atoms with Gasteiger partial charge in [0.25, 0.3) is 0 Å². The van der Waals surface area contributed by atoms with Gasteiger partial charge in [0.05, 0.1) is 18.9 Å². The van der Waals surface area contributed by atoms with Crippen LogP contribution in [-0.2, 0) is 11.2 Å². The predicted molar refractivity (Wildman–Crippen MR) is 139 cm³/mol. The van der Waals surface area contributed by atoms with Crippen molar-refractivity contribution in [1.82, 2.24) is 30.4 Å². The van der Waals surface area contributed by atoms with Gasteiger partial charge in [-0.05, 0) is 50.3 Å². The van der Waals surface area contributed by atoms with Crippen molar-refractivity contribution in [2.45, 2.75) is 51.7 Å². The van der Waals surface area contributed by atoms with Gasteiger partial charge in [-0.25, -0.2) is 9.97 Å². The van der Waals surface area contributed by atoms with Gasteiger partial charge in [-0.2, -0.15) is 5.10 Å². The Kier molecular flexibility index (Phi) is 5.19. The van der Waals surface area contributed by atoms with Crippen LogP contribution >= 0.6 is 0 Å². The number of nitrogens with two attached hydrogens (primary N) is 1. The van der Waals surface area contributed by atoms with E-state index in [1.54, 1.807) is 0 Å². The Balaban J connectivity index is 1.16. The van der Waals surface area contributed by atoms with Gasteiger partial charge in [0.15, 0.2) is 17.0 Å². The van der Waals surface area contributed by atoms with E-state index in [4.69, 9.17) is 24.9 Å². The summed E-state index contributed by atoms with van der Waals surface area (Å²) in [5.74, 6) is 2.76. The van der Waals surface area contributed by atoms with Gasteiger partial charge in [0, 0.05) is 49.3 Å². The lowest BCUT2D eigenvalue weighted by Crippen LogP contribution is -2.50.